The van der Waals surface area contributed by atoms with Gasteiger partial charge in [-0.15, -0.1) is 0 Å². The van der Waals surface area contributed by atoms with Gasteiger partial charge in [0, 0.05) is 29.4 Å². The normalized spacial score (nSPS) is 16.9. The second-order valence-corrected chi connectivity index (χ2v) is 6.66. The molecule has 0 amide bonds. The molecule has 0 radical (unpaired) electrons. The lowest BCUT2D eigenvalue weighted by Gasteiger charge is -2.20. The maximum absolute atomic E-state index is 4.17. The first-order valence-corrected chi connectivity index (χ1v) is 9.03. The first-order valence-electron chi connectivity index (χ1n) is 9.03. The molecule has 25 heavy (non-hydrogen) atoms. The molecule has 1 aliphatic rings. The number of likely N-dealkylation sites (tertiary alicyclic amines) is 1. The van der Waals surface area contributed by atoms with Crippen LogP contribution in [0.1, 0.15) is 36.0 Å². The van der Waals surface area contributed by atoms with Crippen LogP contribution in [0.15, 0.2) is 61.2 Å². The summed E-state index contributed by atoms with van der Waals surface area (Å²) in [4.78, 5) is 2.46. The third kappa shape index (κ3) is 4.98. The van der Waals surface area contributed by atoms with Crippen molar-refractivity contribution in [1.82, 2.24) is 10.2 Å². The number of hydrogen-bond donors (Lipinski definition) is 1. The van der Waals surface area contributed by atoms with Crippen LogP contribution >= 0.6 is 0 Å². The topological polar surface area (TPSA) is 15.3 Å². The molecule has 1 fully saturated rings. The number of nitrogens with zero attached hydrogens (tertiary/aromatic N) is 1. The Hall–Kier alpha value is -2.50. The Morgan fingerprint density at radius 3 is 2.40 bits per heavy atom. The summed E-state index contributed by atoms with van der Waals surface area (Å²) in [6.07, 6.45) is 3.82. The van der Waals surface area contributed by atoms with Crippen LogP contribution in [-0.4, -0.2) is 31.1 Å². The van der Waals surface area contributed by atoms with Crippen molar-refractivity contribution < 1.29 is 0 Å². The van der Waals surface area contributed by atoms with E-state index in [1.54, 1.807) is 0 Å². The number of benzene rings is 2. The van der Waals surface area contributed by atoms with Gasteiger partial charge < -0.3 is 10.2 Å². The molecule has 1 aliphatic heterocycles. The molecule has 128 valence electrons. The van der Waals surface area contributed by atoms with Crippen LogP contribution in [0.2, 0.25) is 0 Å². The summed E-state index contributed by atoms with van der Waals surface area (Å²) < 4.78 is 0. The van der Waals surface area contributed by atoms with Crippen molar-refractivity contribution in [3.8, 4) is 11.8 Å². The minimum Gasteiger partial charge on any atom is -0.385 e. The van der Waals surface area contributed by atoms with Crippen molar-refractivity contribution in [3.05, 3.63) is 77.9 Å². The molecular formula is C23H26N2. The smallest absolute Gasteiger partial charge is 0.0340 e. The third-order valence-electron chi connectivity index (χ3n) is 4.85. The Balaban J connectivity index is 1.51. The van der Waals surface area contributed by atoms with Crippen LogP contribution in [0, 0.1) is 11.8 Å². The molecule has 2 nitrogen and oxygen atoms in total. The Morgan fingerprint density at radius 2 is 1.76 bits per heavy atom. The van der Waals surface area contributed by atoms with Crippen molar-refractivity contribution >= 4 is 5.70 Å². The molecule has 0 aromatic heterocycles. The van der Waals surface area contributed by atoms with Gasteiger partial charge in [0.1, 0.15) is 0 Å². The van der Waals surface area contributed by atoms with Gasteiger partial charge >= 0.3 is 0 Å². The first kappa shape index (κ1) is 17.3. The highest BCUT2D eigenvalue weighted by Gasteiger charge is 2.19. The van der Waals surface area contributed by atoms with E-state index in [9.17, 15) is 0 Å². The molecule has 0 aliphatic carbocycles. The molecule has 0 spiro atoms. The second-order valence-electron chi connectivity index (χ2n) is 6.66. The van der Waals surface area contributed by atoms with Gasteiger partial charge in [0.15, 0.2) is 0 Å². The molecule has 1 heterocycles. The van der Waals surface area contributed by atoms with Gasteiger partial charge in [0.25, 0.3) is 0 Å². The van der Waals surface area contributed by atoms with Crippen LogP contribution in [-0.2, 0) is 0 Å². The fourth-order valence-corrected chi connectivity index (χ4v) is 3.26. The monoisotopic (exact) mass is 330 g/mol. The van der Waals surface area contributed by atoms with E-state index in [1.807, 2.05) is 30.3 Å². The van der Waals surface area contributed by atoms with E-state index in [0.29, 0.717) is 0 Å². The minimum absolute atomic E-state index is 0.718. The summed E-state index contributed by atoms with van der Waals surface area (Å²) in [6.45, 7) is 6.38. The Bertz CT molecular complexity index is 750. The van der Waals surface area contributed by atoms with Crippen LogP contribution in [0.5, 0.6) is 0 Å². The lowest BCUT2D eigenvalue weighted by atomic mass is 10.1. The quantitative estimate of drug-likeness (QED) is 0.829. The Kier molecular flexibility index (Phi) is 5.93. The fourth-order valence-electron chi connectivity index (χ4n) is 3.26. The van der Waals surface area contributed by atoms with E-state index in [1.165, 1.54) is 25.8 Å². The zero-order valence-electron chi connectivity index (χ0n) is 15.0. The fraction of sp³-hybridized carbons (Fsp3) is 0.304. The summed E-state index contributed by atoms with van der Waals surface area (Å²) in [7, 11) is 2.22. The molecule has 1 saturated heterocycles. The van der Waals surface area contributed by atoms with Crippen LogP contribution in [0.4, 0.5) is 0 Å². The van der Waals surface area contributed by atoms with Crippen LogP contribution in [0.25, 0.3) is 5.70 Å². The summed E-state index contributed by atoms with van der Waals surface area (Å²) in [5.41, 5.74) is 4.18. The van der Waals surface area contributed by atoms with Crippen molar-refractivity contribution in [2.45, 2.75) is 25.3 Å². The highest BCUT2D eigenvalue weighted by atomic mass is 15.1. The summed E-state index contributed by atoms with van der Waals surface area (Å²) >= 11 is 0. The number of hydrogen-bond acceptors (Lipinski definition) is 2. The predicted octanol–water partition coefficient (Wildman–Crippen LogP) is 4.13. The largest absolute Gasteiger partial charge is 0.385 e. The molecule has 2 heteroatoms. The number of nitrogens with one attached hydrogen (secondary N) is 1. The van der Waals surface area contributed by atoms with Crippen molar-refractivity contribution in [2.75, 3.05) is 20.1 Å². The predicted molar refractivity (Wildman–Crippen MR) is 106 cm³/mol. The van der Waals surface area contributed by atoms with E-state index in [-0.39, 0.29) is 0 Å². The Labute approximate surface area is 151 Å². The summed E-state index contributed by atoms with van der Waals surface area (Å²) in [6, 6.07) is 19.1. The molecule has 1 unspecified atom stereocenters. The second kappa shape index (κ2) is 8.55. The van der Waals surface area contributed by atoms with E-state index in [4.69, 9.17) is 0 Å². The summed E-state index contributed by atoms with van der Waals surface area (Å²) in [5, 5.41) is 3.47. The van der Waals surface area contributed by atoms with Gasteiger partial charge in [0.2, 0.25) is 0 Å². The average molecular weight is 330 g/mol. The van der Waals surface area contributed by atoms with Gasteiger partial charge in [0.05, 0.1) is 0 Å². The molecule has 3 rings (SSSR count). The van der Waals surface area contributed by atoms with Crippen LogP contribution < -0.4 is 5.32 Å². The third-order valence-corrected chi connectivity index (χ3v) is 4.85. The van der Waals surface area contributed by atoms with Gasteiger partial charge in [-0.25, -0.2) is 0 Å². The zero-order chi connectivity index (χ0) is 17.5. The standard InChI is InChI=1S/C23H26N2/c1-19(24-17-16-23-9-6-18-25(23)2)22-14-12-21(13-15-22)11-10-20-7-4-3-5-8-20/h3-5,7-8,12-15,23-24H,1,6,9,16-18H2,2H3. The zero-order valence-corrected chi connectivity index (χ0v) is 15.0. The van der Waals surface area contributed by atoms with Crippen LogP contribution in [0.3, 0.4) is 0 Å². The lowest BCUT2D eigenvalue weighted by Crippen LogP contribution is -2.28. The molecule has 2 aromatic carbocycles. The van der Waals surface area contributed by atoms with E-state index in [0.717, 1.165) is 35.0 Å². The minimum atomic E-state index is 0.718. The van der Waals surface area contributed by atoms with E-state index < -0.39 is 0 Å². The lowest BCUT2D eigenvalue weighted by molar-refractivity contribution is 0.297. The van der Waals surface area contributed by atoms with Crippen molar-refractivity contribution in [1.29, 1.82) is 0 Å². The first-order chi connectivity index (χ1) is 12.2. The van der Waals surface area contributed by atoms with Gasteiger partial charge in [-0.3, -0.25) is 0 Å². The van der Waals surface area contributed by atoms with Crippen molar-refractivity contribution in [2.24, 2.45) is 0 Å². The van der Waals surface area contributed by atoms with Gasteiger partial charge in [-0.1, -0.05) is 48.8 Å². The maximum Gasteiger partial charge on any atom is 0.0340 e. The summed E-state index contributed by atoms with van der Waals surface area (Å²) in [5.74, 6) is 6.39. The van der Waals surface area contributed by atoms with Gasteiger partial charge in [-0.2, -0.15) is 0 Å². The molecular weight excluding hydrogens is 304 g/mol. The molecule has 0 saturated carbocycles. The molecule has 2 aromatic rings. The highest BCUT2D eigenvalue weighted by molar-refractivity contribution is 5.62. The molecule has 1 N–H and O–H groups in total. The molecule has 1 atom stereocenters. The van der Waals surface area contributed by atoms with Gasteiger partial charge in [-0.05, 0) is 62.7 Å². The SMILES string of the molecule is C=C(NCCC1CCCN1C)c1ccc(C#Cc2ccccc2)cc1. The number of rotatable bonds is 5. The van der Waals surface area contributed by atoms with E-state index in [2.05, 4.69) is 59.9 Å². The van der Waals surface area contributed by atoms with E-state index >= 15 is 0 Å². The highest BCUT2D eigenvalue weighted by Crippen LogP contribution is 2.18. The van der Waals surface area contributed by atoms with Crippen molar-refractivity contribution in [3.63, 3.8) is 0 Å². The maximum atomic E-state index is 4.17. The molecule has 0 bridgehead atoms. The average Bonchev–Trinajstić information content (AvgIpc) is 3.06. The Morgan fingerprint density at radius 1 is 1.08 bits per heavy atom.